The Hall–Kier alpha value is -4.33. The lowest BCUT2D eigenvalue weighted by atomic mass is 9.86. The first-order chi connectivity index (χ1) is 17.4. The summed E-state index contributed by atoms with van der Waals surface area (Å²) in [7, 11) is 2.92. The van der Waals surface area contributed by atoms with Gasteiger partial charge in [0.05, 0.1) is 31.7 Å². The third-order valence-electron chi connectivity index (χ3n) is 6.61. The van der Waals surface area contributed by atoms with Gasteiger partial charge in [-0.05, 0) is 55.3 Å². The third kappa shape index (κ3) is 4.26. The number of rotatable bonds is 6. The second-order valence-corrected chi connectivity index (χ2v) is 8.81. The van der Waals surface area contributed by atoms with Crippen molar-refractivity contribution in [2.24, 2.45) is 0 Å². The summed E-state index contributed by atoms with van der Waals surface area (Å²) in [4.78, 5) is 30.9. The summed E-state index contributed by atoms with van der Waals surface area (Å²) in [6.07, 6.45) is 0.582. The largest absolute Gasteiger partial charge is 0.508 e. The molecule has 0 amide bonds. The van der Waals surface area contributed by atoms with Gasteiger partial charge >= 0.3 is 5.97 Å². The number of phenols is 1. The normalized spacial score (nSPS) is 14.0. The Morgan fingerprint density at radius 2 is 1.89 bits per heavy atom. The number of pyridine rings is 2. The highest BCUT2D eigenvalue weighted by molar-refractivity contribution is 5.83. The minimum absolute atomic E-state index is 0.0206. The molecule has 0 saturated heterocycles. The van der Waals surface area contributed by atoms with Gasteiger partial charge < -0.3 is 23.9 Å². The Bertz CT molecular complexity index is 1520. The van der Waals surface area contributed by atoms with Gasteiger partial charge in [0, 0.05) is 35.2 Å². The van der Waals surface area contributed by atoms with Crippen LogP contribution in [0.25, 0.3) is 10.9 Å². The molecule has 0 radical (unpaired) electrons. The summed E-state index contributed by atoms with van der Waals surface area (Å²) in [5.41, 5.74) is 3.30. The fourth-order valence-electron chi connectivity index (χ4n) is 4.68. The number of hydrogen-bond donors (Lipinski definition) is 1. The summed E-state index contributed by atoms with van der Waals surface area (Å²) < 4.78 is 18.2. The molecule has 1 atom stereocenters. The van der Waals surface area contributed by atoms with E-state index in [1.807, 2.05) is 49.4 Å². The molecule has 1 aliphatic heterocycles. The van der Waals surface area contributed by atoms with Crippen LogP contribution in [0.4, 0.5) is 0 Å². The minimum Gasteiger partial charge on any atom is -0.508 e. The molecule has 1 N–H and O–H groups in total. The highest BCUT2D eigenvalue weighted by atomic mass is 16.5. The maximum atomic E-state index is 13.8. The number of carbonyl (C=O) groups is 1. The van der Waals surface area contributed by atoms with Crippen molar-refractivity contribution < 1.29 is 24.1 Å². The van der Waals surface area contributed by atoms with Crippen molar-refractivity contribution in [1.29, 1.82) is 0 Å². The monoisotopic (exact) mass is 486 g/mol. The maximum absolute atomic E-state index is 13.8. The van der Waals surface area contributed by atoms with Gasteiger partial charge in [-0.1, -0.05) is 12.1 Å². The molecule has 184 valence electrons. The molecule has 0 fully saturated rings. The molecule has 1 unspecified atom stereocenters. The standard InChI is InChI=1S/C28H26N2O6/c1-16-12-24-26(28(33)30(16)11-10-17-4-6-19(31)7-5-17)21(15-25(32)35-3)22-14-18-13-20(34-2)8-9-23(18)29-27(22)36-24/h4-9,12-14,21,31H,10-11,15H2,1-3H3. The number of carbonyl (C=O) groups excluding carboxylic acids is 1. The zero-order valence-electron chi connectivity index (χ0n) is 20.3. The van der Waals surface area contributed by atoms with E-state index in [4.69, 9.17) is 14.2 Å². The first kappa shape index (κ1) is 23.4. The van der Waals surface area contributed by atoms with Crippen LogP contribution in [0.15, 0.2) is 59.4 Å². The molecule has 0 saturated carbocycles. The van der Waals surface area contributed by atoms with Crippen LogP contribution in [-0.4, -0.2) is 34.8 Å². The van der Waals surface area contributed by atoms with Crippen LogP contribution in [0, 0.1) is 6.92 Å². The van der Waals surface area contributed by atoms with Crippen molar-refractivity contribution in [3.8, 4) is 23.1 Å². The van der Waals surface area contributed by atoms with Crippen LogP contribution < -0.4 is 15.0 Å². The van der Waals surface area contributed by atoms with Gasteiger partial charge in [-0.2, -0.15) is 0 Å². The average molecular weight is 487 g/mol. The Kier molecular flexibility index (Phi) is 6.10. The highest BCUT2D eigenvalue weighted by Crippen LogP contribution is 2.45. The Balaban J connectivity index is 1.61. The van der Waals surface area contributed by atoms with Gasteiger partial charge in [0.15, 0.2) is 0 Å². The fraction of sp³-hybridized carbons (Fsp3) is 0.250. The number of hydrogen-bond acceptors (Lipinski definition) is 7. The molecular formula is C28H26N2O6. The van der Waals surface area contributed by atoms with Crippen LogP contribution in [0.3, 0.4) is 0 Å². The molecule has 36 heavy (non-hydrogen) atoms. The van der Waals surface area contributed by atoms with Gasteiger partial charge in [-0.15, -0.1) is 0 Å². The number of ether oxygens (including phenoxy) is 3. The van der Waals surface area contributed by atoms with Crippen molar-refractivity contribution in [2.45, 2.75) is 32.2 Å². The SMILES string of the molecule is COC(=O)CC1c2cc3cc(OC)ccc3nc2Oc2cc(C)n(CCc3ccc(O)cc3)c(=O)c21. The molecule has 8 nitrogen and oxygen atoms in total. The first-order valence-electron chi connectivity index (χ1n) is 11.6. The van der Waals surface area contributed by atoms with Gasteiger partial charge in [0.2, 0.25) is 5.88 Å². The van der Waals surface area contributed by atoms with Crippen LogP contribution >= 0.6 is 0 Å². The van der Waals surface area contributed by atoms with Gasteiger partial charge in [-0.25, -0.2) is 4.98 Å². The van der Waals surface area contributed by atoms with Crippen molar-refractivity contribution in [3.05, 3.63) is 87.3 Å². The van der Waals surface area contributed by atoms with Crippen LogP contribution in [0.2, 0.25) is 0 Å². The Morgan fingerprint density at radius 1 is 1.11 bits per heavy atom. The summed E-state index contributed by atoms with van der Waals surface area (Å²) in [6, 6.07) is 16.2. The number of esters is 1. The minimum atomic E-state index is -0.577. The number of methoxy groups -OCH3 is 2. The molecule has 2 aromatic heterocycles. The highest BCUT2D eigenvalue weighted by Gasteiger charge is 2.34. The lowest BCUT2D eigenvalue weighted by Crippen LogP contribution is -2.31. The number of nitrogens with zero attached hydrogens (tertiary/aromatic N) is 2. The van der Waals surface area contributed by atoms with Crippen LogP contribution in [0.1, 0.15) is 34.7 Å². The molecule has 3 heterocycles. The fourth-order valence-corrected chi connectivity index (χ4v) is 4.68. The topological polar surface area (TPSA) is 99.9 Å². The van der Waals surface area contributed by atoms with E-state index in [-0.39, 0.29) is 17.7 Å². The zero-order valence-corrected chi connectivity index (χ0v) is 20.3. The number of aryl methyl sites for hydroxylation is 2. The number of phenolic OH excluding ortho intramolecular Hbond substituents is 1. The molecule has 4 aromatic rings. The van der Waals surface area contributed by atoms with Crippen molar-refractivity contribution in [1.82, 2.24) is 9.55 Å². The zero-order chi connectivity index (χ0) is 25.4. The predicted molar refractivity (Wildman–Crippen MR) is 134 cm³/mol. The van der Waals surface area contributed by atoms with E-state index in [0.717, 1.165) is 16.6 Å². The summed E-state index contributed by atoms with van der Waals surface area (Å²) >= 11 is 0. The lowest BCUT2D eigenvalue weighted by molar-refractivity contribution is -0.140. The summed E-state index contributed by atoms with van der Waals surface area (Å²) in [5.74, 6) is 0.640. The van der Waals surface area contributed by atoms with E-state index in [1.54, 1.807) is 23.8 Å². The van der Waals surface area contributed by atoms with E-state index in [1.165, 1.54) is 7.11 Å². The average Bonchev–Trinajstić information content (AvgIpc) is 2.87. The van der Waals surface area contributed by atoms with Crippen molar-refractivity contribution in [2.75, 3.05) is 14.2 Å². The lowest BCUT2D eigenvalue weighted by Gasteiger charge is -2.28. The number of benzene rings is 2. The van der Waals surface area contributed by atoms with Gasteiger partial charge in [-0.3, -0.25) is 9.59 Å². The molecule has 0 spiro atoms. The summed E-state index contributed by atoms with van der Waals surface area (Å²) in [6.45, 7) is 2.29. The van der Waals surface area contributed by atoms with Crippen LogP contribution in [0.5, 0.6) is 23.1 Å². The van der Waals surface area contributed by atoms with E-state index in [0.29, 0.717) is 47.0 Å². The molecule has 1 aliphatic rings. The third-order valence-corrected chi connectivity index (χ3v) is 6.61. The number of aromatic nitrogens is 2. The molecule has 0 aliphatic carbocycles. The Labute approximate surface area is 207 Å². The second-order valence-electron chi connectivity index (χ2n) is 8.81. The van der Waals surface area contributed by atoms with E-state index in [9.17, 15) is 14.7 Å². The molecular weight excluding hydrogens is 460 g/mol. The molecule has 5 rings (SSSR count). The summed E-state index contributed by atoms with van der Waals surface area (Å²) in [5, 5.41) is 10.4. The van der Waals surface area contributed by atoms with E-state index in [2.05, 4.69) is 4.98 Å². The first-order valence-corrected chi connectivity index (χ1v) is 11.6. The quantitative estimate of drug-likeness (QED) is 0.402. The molecule has 2 aromatic carbocycles. The predicted octanol–water partition coefficient (Wildman–Crippen LogP) is 4.46. The van der Waals surface area contributed by atoms with E-state index < -0.39 is 11.9 Å². The maximum Gasteiger partial charge on any atom is 0.306 e. The van der Waals surface area contributed by atoms with Gasteiger partial charge in [0.1, 0.15) is 17.2 Å². The van der Waals surface area contributed by atoms with Crippen LogP contribution in [-0.2, 0) is 22.5 Å². The van der Waals surface area contributed by atoms with Gasteiger partial charge in [0.25, 0.3) is 5.56 Å². The van der Waals surface area contributed by atoms with Crippen molar-refractivity contribution >= 4 is 16.9 Å². The smallest absolute Gasteiger partial charge is 0.306 e. The number of fused-ring (bicyclic) bond motifs is 3. The molecule has 8 heteroatoms. The van der Waals surface area contributed by atoms with Crippen molar-refractivity contribution in [3.63, 3.8) is 0 Å². The molecule has 0 bridgehead atoms. The number of aromatic hydroxyl groups is 1. The Morgan fingerprint density at radius 3 is 2.61 bits per heavy atom. The van der Waals surface area contributed by atoms with E-state index >= 15 is 0 Å². The second kappa shape index (κ2) is 9.37.